The Morgan fingerprint density at radius 1 is 1.30 bits per heavy atom. The Balaban J connectivity index is 0.00000261. The first-order chi connectivity index (χ1) is 12.6. The lowest BCUT2D eigenvalue weighted by Crippen LogP contribution is -2.52. The second kappa shape index (κ2) is 11.4. The van der Waals surface area contributed by atoms with Gasteiger partial charge in [-0.3, -0.25) is 14.7 Å². The SMILES string of the molecule is CN=C(NCCCC(=O)NC1CC1)N1CCN(Cc2ccc(Cl)s2)CC1.I. The fourth-order valence-electron chi connectivity index (χ4n) is 3.08. The minimum Gasteiger partial charge on any atom is -0.356 e. The molecule has 6 nitrogen and oxygen atoms in total. The van der Waals surface area contributed by atoms with Crippen LogP contribution >= 0.6 is 46.9 Å². The molecule has 1 aromatic rings. The van der Waals surface area contributed by atoms with Crippen LogP contribution in [0, 0.1) is 0 Å². The number of piperazine rings is 1. The van der Waals surface area contributed by atoms with Crippen molar-refractivity contribution in [3.8, 4) is 0 Å². The van der Waals surface area contributed by atoms with E-state index < -0.39 is 0 Å². The van der Waals surface area contributed by atoms with Gasteiger partial charge in [0.25, 0.3) is 0 Å². The minimum atomic E-state index is 0. The molecule has 0 atom stereocenters. The van der Waals surface area contributed by atoms with Gasteiger partial charge in [0.1, 0.15) is 0 Å². The minimum absolute atomic E-state index is 0. The van der Waals surface area contributed by atoms with Gasteiger partial charge in [-0.15, -0.1) is 35.3 Å². The van der Waals surface area contributed by atoms with Crippen LogP contribution in [0.25, 0.3) is 0 Å². The molecule has 0 spiro atoms. The topological polar surface area (TPSA) is 60.0 Å². The quantitative estimate of drug-likeness (QED) is 0.249. The molecule has 1 aliphatic heterocycles. The maximum absolute atomic E-state index is 11.7. The van der Waals surface area contributed by atoms with Gasteiger partial charge in [0.2, 0.25) is 5.91 Å². The molecule has 0 radical (unpaired) electrons. The molecule has 0 aromatic carbocycles. The monoisotopic (exact) mass is 525 g/mol. The van der Waals surface area contributed by atoms with Crippen molar-refractivity contribution >= 4 is 58.8 Å². The molecule has 1 saturated carbocycles. The van der Waals surface area contributed by atoms with Crippen LogP contribution in [0.4, 0.5) is 0 Å². The number of nitrogens with one attached hydrogen (secondary N) is 2. The molecule has 1 saturated heterocycles. The van der Waals surface area contributed by atoms with Crippen LogP contribution in [0.3, 0.4) is 0 Å². The van der Waals surface area contributed by atoms with Crippen LogP contribution in [0.1, 0.15) is 30.6 Å². The highest BCUT2D eigenvalue weighted by atomic mass is 127. The van der Waals surface area contributed by atoms with Crippen molar-refractivity contribution in [2.45, 2.75) is 38.3 Å². The largest absolute Gasteiger partial charge is 0.356 e. The summed E-state index contributed by atoms with van der Waals surface area (Å²) in [4.78, 5) is 22.2. The van der Waals surface area contributed by atoms with Crippen LogP contribution in [-0.4, -0.2) is 67.5 Å². The van der Waals surface area contributed by atoms with E-state index in [1.807, 2.05) is 13.1 Å². The zero-order valence-corrected chi connectivity index (χ0v) is 19.7. The van der Waals surface area contributed by atoms with Gasteiger partial charge >= 0.3 is 0 Å². The Labute approximate surface area is 187 Å². The Kier molecular flexibility index (Phi) is 9.61. The number of halogens is 2. The number of hydrogen-bond donors (Lipinski definition) is 2. The summed E-state index contributed by atoms with van der Waals surface area (Å²) in [6.45, 7) is 5.69. The van der Waals surface area contributed by atoms with Gasteiger partial charge in [-0.2, -0.15) is 0 Å². The van der Waals surface area contributed by atoms with E-state index in [0.717, 1.165) is 68.8 Å². The van der Waals surface area contributed by atoms with Crippen LogP contribution in [0.2, 0.25) is 4.34 Å². The van der Waals surface area contributed by atoms with E-state index in [-0.39, 0.29) is 29.9 Å². The Hall–Kier alpha value is -0.580. The number of rotatable bonds is 7. The summed E-state index contributed by atoms with van der Waals surface area (Å²) in [6.07, 6.45) is 3.69. The van der Waals surface area contributed by atoms with Crippen molar-refractivity contribution in [1.29, 1.82) is 0 Å². The molecule has 1 aliphatic carbocycles. The Morgan fingerprint density at radius 2 is 2.04 bits per heavy atom. The van der Waals surface area contributed by atoms with Crippen molar-refractivity contribution in [1.82, 2.24) is 20.4 Å². The van der Waals surface area contributed by atoms with Gasteiger partial charge in [0, 0.05) is 63.7 Å². The first-order valence-corrected chi connectivity index (χ1v) is 10.5. The van der Waals surface area contributed by atoms with Gasteiger partial charge in [0.05, 0.1) is 4.34 Å². The number of hydrogen-bond acceptors (Lipinski definition) is 4. The smallest absolute Gasteiger partial charge is 0.220 e. The summed E-state index contributed by atoms with van der Waals surface area (Å²) in [5.41, 5.74) is 0. The van der Waals surface area contributed by atoms with E-state index in [4.69, 9.17) is 11.6 Å². The number of thiophene rings is 1. The highest BCUT2D eigenvalue weighted by Crippen LogP contribution is 2.23. The first-order valence-electron chi connectivity index (χ1n) is 9.35. The average molecular weight is 526 g/mol. The Bertz CT molecular complexity index is 629. The number of carbonyl (C=O) groups excluding carboxylic acids is 1. The van der Waals surface area contributed by atoms with Crippen molar-refractivity contribution < 1.29 is 4.79 Å². The average Bonchev–Trinajstić information content (AvgIpc) is 3.35. The standard InChI is InChI=1S/C18H28ClN5OS.HI/c1-20-18(21-8-2-3-17(25)22-14-4-5-14)24-11-9-23(10-12-24)13-15-6-7-16(19)26-15;/h6-7,14H,2-5,8-13H2,1H3,(H,20,21)(H,22,25);1H. The summed E-state index contributed by atoms with van der Waals surface area (Å²) in [5.74, 6) is 1.11. The molecule has 3 rings (SSSR count). The first kappa shape index (κ1) is 22.7. The van der Waals surface area contributed by atoms with E-state index >= 15 is 0 Å². The third-order valence-corrected chi connectivity index (χ3v) is 5.91. The fourth-order valence-corrected chi connectivity index (χ4v) is 4.21. The molecule has 9 heteroatoms. The maximum atomic E-state index is 11.7. The van der Waals surface area contributed by atoms with Crippen molar-refractivity contribution in [3.05, 3.63) is 21.3 Å². The molecule has 1 amide bonds. The van der Waals surface area contributed by atoms with Crippen LogP contribution in [0.15, 0.2) is 17.1 Å². The third kappa shape index (κ3) is 7.75. The van der Waals surface area contributed by atoms with E-state index in [0.29, 0.717) is 12.5 Å². The lowest BCUT2D eigenvalue weighted by Gasteiger charge is -2.36. The molecule has 1 aromatic heterocycles. The van der Waals surface area contributed by atoms with Gasteiger partial charge in [-0.25, -0.2) is 0 Å². The van der Waals surface area contributed by atoms with Crippen molar-refractivity contribution in [3.63, 3.8) is 0 Å². The molecule has 152 valence electrons. The highest BCUT2D eigenvalue weighted by Gasteiger charge is 2.23. The van der Waals surface area contributed by atoms with E-state index in [9.17, 15) is 4.79 Å². The molecular weight excluding hydrogens is 497 g/mol. The highest BCUT2D eigenvalue weighted by molar-refractivity contribution is 14.0. The van der Waals surface area contributed by atoms with Crippen LogP contribution in [-0.2, 0) is 11.3 Å². The summed E-state index contributed by atoms with van der Waals surface area (Å²) < 4.78 is 0.856. The molecule has 0 bridgehead atoms. The molecule has 2 fully saturated rings. The lowest BCUT2D eigenvalue weighted by atomic mass is 10.3. The lowest BCUT2D eigenvalue weighted by molar-refractivity contribution is -0.121. The van der Waals surface area contributed by atoms with E-state index in [1.165, 1.54) is 4.88 Å². The summed E-state index contributed by atoms with van der Waals surface area (Å²) in [7, 11) is 1.82. The number of guanidine groups is 1. The fraction of sp³-hybridized carbons (Fsp3) is 0.667. The normalized spacial score (nSPS) is 18.1. The number of nitrogens with zero attached hydrogens (tertiary/aromatic N) is 3. The molecular formula is C18H29ClIN5OS. The summed E-state index contributed by atoms with van der Waals surface area (Å²) in [6, 6.07) is 4.53. The van der Waals surface area contributed by atoms with E-state index in [1.54, 1.807) is 11.3 Å². The van der Waals surface area contributed by atoms with Crippen molar-refractivity contribution in [2.24, 2.45) is 4.99 Å². The van der Waals surface area contributed by atoms with Gasteiger partial charge in [-0.1, -0.05) is 11.6 Å². The number of amides is 1. The molecule has 0 unspecified atom stereocenters. The second-order valence-electron chi connectivity index (χ2n) is 6.89. The molecule has 2 heterocycles. The molecule has 27 heavy (non-hydrogen) atoms. The number of aliphatic imine (C=N–C) groups is 1. The summed E-state index contributed by atoms with van der Waals surface area (Å²) in [5, 5.41) is 6.42. The molecule has 2 aliphatic rings. The predicted octanol–water partition coefficient (Wildman–Crippen LogP) is 2.77. The van der Waals surface area contributed by atoms with Crippen LogP contribution in [0.5, 0.6) is 0 Å². The van der Waals surface area contributed by atoms with Crippen LogP contribution < -0.4 is 10.6 Å². The Morgan fingerprint density at radius 3 is 2.63 bits per heavy atom. The predicted molar refractivity (Wildman–Crippen MR) is 123 cm³/mol. The third-order valence-electron chi connectivity index (χ3n) is 4.70. The molecule has 2 N–H and O–H groups in total. The van der Waals surface area contributed by atoms with Crippen molar-refractivity contribution in [2.75, 3.05) is 39.8 Å². The maximum Gasteiger partial charge on any atom is 0.220 e. The van der Waals surface area contributed by atoms with Gasteiger partial charge in [0.15, 0.2) is 5.96 Å². The number of carbonyl (C=O) groups is 1. The summed E-state index contributed by atoms with van der Waals surface area (Å²) >= 11 is 7.67. The van der Waals surface area contributed by atoms with E-state index in [2.05, 4.69) is 31.5 Å². The second-order valence-corrected chi connectivity index (χ2v) is 8.69. The zero-order valence-electron chi connectivity index (χ0n) is 15.7. The zero-order chi connectivity index (χ0) is 18.4. The van der Waals surface area contributed by atoms with Gasteiger partial charge < -0.3 is 15.5 Å². The van der Waals surface area contributed by atoms with Gasteiger partial charge in [-0.05, 0) is 31.4 Å².